The Bertz CT molecular complexity index is 511. The lowest BCUT2D eigenvalue weighted by atomic mass is 9.82. The Labute approximate surface area is 113 Å². The van der Waals surface area contributed by atoms with E-state index in [1.807, 2.05) is 0 Å². The summed E-state index contributed by atoms with van der Waals surface area (Å²) in [6, 6.07) is 4.64. The molecule has 8 heteroatoms. The van der Waals surface area contributed by atoms with Gasteiger partial charge < -0.3 is 9.26 Å². The number of hydrogen-bond acceptors (Lipinski definition) is 5. The maximum Gasteiger partial charge on any atom is 0.389 e. The highest BCUT2D eigenvalue weighted by atomic mass is 19.4. The van der Waals surface area contributed by atoms with Gasteiger partial charge in [-0.1, -0.05) is 0 Å². The van der Waals surface area contributed by atoms with Crippen molar-refractivity contribution in [2.45, 2.75) is 32.4 Å². The molecule has 0 fully saturated rings. The molecule has 0 aliphatic carbocycles. The maximum atomic E-state index is 12.2. The predicted octanol–water partition coefficient (Wildman–Crippen LogP) is 2.99. The molecule has 0 saturated heterocycles. The van der Waals surface area contributed by atoms with Gasteiger partial charge in [0.25, 0.3) is 5.88 Å². The number of halogens is 3. The molecule has 0 saturated carbocycles. The van der Waals surface area contributed by atoms with E-state index in [1.54, 1.807) is 19.1 Å². The highest BCUT2D eigenvalue weighted by Crippen LogP contribution is 2.33. The number of nitrogens with zero attached hydrogens (tertiary/aromatic N) is 3. The number of alkyl halides is 3. The lowest BCUT2D eigenvalue weighted by molar-refractivity contribution is -0.138. The minimum atomic E-state index is -4.42. The first-order valence-corrected chi connectivity index (χ1v) is 5.82. The van der Waals surface area contributed by atoms with Crippen molar-refractivity contribution >= 4 is 0 Å². The molecule has 0 bridgehead atoms. The zero-order valence-corrected chi connectivity index (χ0v) is 10.7. The minimum absolute atomic E-state index is 0.138. The van der Waals surface area contributed by atoms with Crippen LogP contribution < -0.4 is 4.74 Å². The first-order valence-electron chi connectivity index (χ1n) is 5.82. The van der Waals surface area contributed by atoms with E-state index >= 15 is 0 Å². The summed E-state index contributed by atoms with van der Waals surface area (Å²) in [7, 11) is 0. The molecule has 0 aliphatic heterocycles. The topological polar surface area (TPSA) is 82.8 Å². The van der Waals surface area contributed by atoms with E-state index in [0.29, 0.717) is 6.61 Å². The lowest BCUT2D eigenvalue weighted by Crippen LogP contribution is -2.22. The monoisotopic (exact) mass is 287 g/mol. The van der Waals surface area contributed by atoms with Gasteiger partial charge in [0.05, 0.1) is 18.7 Å². The molecule has 0 N–H and O–H groups in total. The van der Waals surface area contributed by atoms with E-state index < -0.39 is 24.4 Å². The Kier molecular flexibility index (Phi) is 4.98. The van der Waals surface area contributed by atoms with E-state index in [0.717, 1.165) is 0 Å². The van der Waals surface area contributed by atoms with Crippen LogP contribution in [0.1, 0.15) is 25.5 Å². The fourth-order valence-electron chi connectivity index (χ4n) is 1.55. The van der Waals surface area contributed by atoms with E-state index in [2.05, 4.69) is 5.16 Å². The summed E-state index contributed by atoms with van der Waals surface area (Å²) in [5.74, 6) is 0.307. The Morgan fingerprint density at radius 3 is 2.45 bits per heavy atom. The molecule has 0 aromatic carbocycles. The number of hydrogen-bond donors (Lipinski definition) is 0. The Morgan fingerprint density at radius 1 is 1.30 bits per heavy atom. The van der Waals surface area contributed by atoms with E-state index in [4.69, 9.17) is 19.8 Å². The van der Waals surface area contributed by atoms with Crippen molar-refractivity contribution < 1.29 is 22.4 Å². The van der Waals surface area contributed by atoms with Crippen molar-refractivity contribution in [1.82, 2.24) is 5.16 Å². The van der Waals surface area contributed by atoms with Gasteiger partial charge in [0, 0.05) is 18.9 Å². The van der Waals surface area contributed by atoms with Gasteiger partial charge in [-0.15, -0.1) is 0 Å². The smallest absolute Gasteiger partial charge is 0.389 e. The largest absolute Gasteiger partial charge is 0.476 e. The number of nitriles is 2. The van der Waals surface area contributed by atoms with Crippen molar-refractivity contribution in [3.8, 4) is 18.0 Å². The molecular formula is C12H12F3N3O2. The van der Waals surface area contributed by atoms with Gasteiger partial charge in [0.2, 0.25) is 0 Å². The van der Waals surface area contributed by atoms with Crippen LogP contribution >= 0.6 is 0 Å². The van der Waals surface area contributed by atoms with Gasteiger partial charge in [0.15, 0.2) is 5.41 Å². The van der Waals surface area contributed by atoms with Crippen LogP contribution in [0.25, 0.3) is 0 Å². The maximum absolute atomic E-state index is 12.2. The van der Waals surface area contributed by atoms with Crippen LogP contribution in [0, 0.1) is 28.1 Å². The third-order valence-corrected chi connectivity index (χ3v) is 2.57. The van der Waals surface area contributed by atoms with Gasteiger partial charge in [0.1, 0.15) is 5.76 Å². The van der Waals surface area contributed by atoms with Gasteiger partial charge in [-0.25, -0.2) is 0 Å². The number of rotatable bonds is 6. The average molecular weight is 287 g/mol. The van der Waals surface area contributed by atoms with Crippen molar-refractivity contribution in [2.24, 2.45) is 5.41 Å². The second kappa shape index (κ2) is 6.29. The van der Waals surface area contributed by atoms with Crippen molar-refractivity contribution in [3.63, 3.8) is 0 Å². The standard InChI is InChI=1S/C12H12F3N3O2/c1-2-19-10-5-9(20-18-10)6-11(7-16,8-17)3-4-12(13,14)15/h5H,2-4,6H2,1H3. The number of aromatic nitrogens is 1. The molecule has 108 valence electrons. The van der Waals surface area contributed by atoms with Crippen LogP contribution in [0.15, 0.2) is 10.6 Å². The Hall–Kier alpha value is -2.22. The first kappa shape index (κ1) is 15.8. The van der Waals surface area contributed by atoms with Gasteiger partial charge in [-0.05, 0) is 18.5 Å². The SMILES string of the molecule is CCOc1cc(CC(C#N)(C#N)CCC(F)(F)F)on1. The molecular weight excluding hydrogens is 275 g/mol. The molecule has 20 heavy (non-hydrogen) atoms. The van der Waals surface area contributed by atoms with Crippen LogP contribution in [0.5, 0.6) is 5.88 Å². The minimum Gasteiger partial charge on any atom is -0.476 e. The van der Waals surface area contributed by atoms with Crippen molar-refractivity contribution in [2.75, 3.05) is 6.61 Å². The van der Waals surface area contributed by atoms with Crippen LogP contribution in [0.4, 0.5) is 13.2 Å². The summed E-state index contributed by atoms with van der Waals surface area (Å²) >= 11 is 0. The third kappa shape index (κ3) is 4.47. The summed E-state index contributed by atoms with van der Waals surface area (Å²) in [5, 5.41) is 21.6. The van der Waals surface area contributed by atoms with Gasteiger partial charge in [-0.3, -0.25) is 0 Å². The fraction of sp³-hybridized carbons (Fsp3) is 0.583. The van der Waals surface area contributed by atoms with E-state index in [-0.39, 0.29) is 18.1 Å². The fourth-order valence-corrected chi connectivity index (χ4v) is 1.55. The molecule has 0 amide bonds. The molecule has 1 aromatic rings. The van der Waals surface area contributed by atoms with Gasteiger partial charge >= 0.3 is 6.18 Å². The molecule has 0 atom stereocenters. The van der Waals surface area contributed by atoms with Crippen LogP contribution in [0.3, 0.4) is 0 Å². The number of ether oxygens (including phenoxy) is 1. The molecule has 0 radical (unpaired) electrons. The molecule has 0 aliphatic rings. The molecule has 0 unspecified atom stereocenters. The summed E-state index contributed by atoms with van der Waals surface area (Å²) < 4.78 is 46.6. The summed E-state index contributed by atoms with van der Waals surface area (Å²) in [4.78, 5) is 0. The average Bonchev–Trinajstić information content (AvgIpc) is 2.81. The third-order valence-electron chi connectivity index (χ3n) is 2.57. The Morgan fingerprint density at radius 2 is 1.95 bits per heavy atom. The molecule has 5 nitrogen and oxygen atoms in total. The molecule has 1 rings (SSSR count). The molecule has 0 spiro atoms. The second-order valence-corrected chi connectivity index (χ2v) is 4.16. The van der Waals surface area contributed by atoms with Crippen LogP contribution in [0.2, 0.25) is 0 Å². The second-order valence-electron chi connectivity index (χ2n) is 4.16. The quantitative estimate of drug-likeness (QED) is 0.803. The zero-order valence-electron chi connectivity index (χ0n) is 10.7. The first-order chi connectivity index (χ1) is 9.34. The highest BCUT2D eigenvalue weighted by Gasteiger charge is 2.38. The van der Waals surface area contributed by atoms with Gasteiger partial charge in [-0.2, -0.15) is 23.7 Å². The van der Waals surface area contributed by atoms with Crippen LogP contribution in [-0.2, 0) is 6.42 Å². The summed E-state index contributed by atoms with van der Waals surface area (Å²) in [6.07, 6.45) is -6.51. The summed E-state index contributed by atoms with van der Waals surface area (Å²) in [6.45, 7) is 2.08. The van der Waals surface area contributed by atoms with Crippen molar-refractivity contribution in [3.05, 3.63) is 11.8 Å². The lowest BCUT2D eigenvalue weighted by Gasteiger charge is -2.17. The van der Waals surface area contributed by atoms with Crippen molar-refractivity contribution in [1.29, 1.82) is 10.5 Å². The Balaban J connectivity index is 2.81. The van der Waals surface area contributed by atoms with Crippen LogP contribution in [-0.4, -0.2) is 17.9 Å². The van der Waals surface area contributed by atoms with E-state index in [1.165, 1.54) is 6.07 Å². The van der Waals surface area contributed by atoms with E-state index in [9.17, 15) is 13.2 Å². The highest BCUT2D eigenvalue weighted by molar-refractivity contribution is 5.21. The summed E-state index contributed by atoms with van der Waals surface area (Å²) in [5.41, 5.74) is -1.79. The zero-order chi connectivity index (χ0) is 15.2. The normalized spacial score (nSPS) is 11.7. The molecule has 1 heterocycles. The molecule has 1 aromatic heterocycles. The predicted molar refractivity (Wildman–Crippen MR) is 60.3 cm³/mol.